The summed E-state index contributed by atoms with van der Waals surface area (Å²) >= 11 is 0. The van der Waals surface area contributed by atoms with Crippen molar-refractivity contribution in [2.75, 3.05) is 0 Å². The number of benzene rings is 1. The Bertz CT molecular complexity index is 936. The predicted octanol–water partition coefficient (Wildman–Crippen LogP) is 3.46. The van der Waals surface area contributed by atoms with Crippen LogP contribution in [0.3, 0.4) is 0 Å². The number of amides is 1. The molecule has 1 amide bonds. The normalized spacial score (nSPS) is 11.2. The molecule has 1 N–H and O–H groups in total. The van der Waals surface area contributed by atoms with Gasteiger partial charge in [-0.2, -0.15) is 10.2 Å². The fourth-order valence-electron chi connectivity index (χ4n) is 2.73. The van der Waals surface area contributed by atoms with E-state index in [1.165, 1.54) is 0 Å². The van der Waals surface area contributed by atoms with Crippen molar-refractivity contribution in [3.63, 3.8) is 0 Å². The molecule has 128 valence electrons. The number of aromatic nitrogens is 2. The molecule has 25 heavy (non-hydrogen) atoms. The number of hydrogen-bond acceptors (Lipinski definition) is 4. The van der Waals surface area contributed by atoms with Gasteiger partial charge in [0.05, 0.1) is 28.9 Å². The Morgan fingerprint density at radius 3 is 2.56 bits per heavy atom. The van der Waals surface area contributed by atoms with Crippen LogP contribution in [-0.2, 0) is 0 Å². The van der Waals surface area contributed by atoms with Crippen LogP contribution in [0.15, 0.2) is 45.9 Å². The van der Waals surface area contributed by atoms with E-state index < -0.39 is 0 Å². The van der Waals surface area contributed by atoms with Crippen molar-refractivity contribution >= 4 is 12.1 Å². The molecule has 0 spiro atoms. The van der Waals surface area contributed by atoms with Gasteiger partial charge in [0.25, 0.3) is 5.91 Å². The molecule has 0 saturated carbocycles. The van der Waals surface area contributed by atoms with Gasteiger partial charge in [-0.1, -0.05) is 18.2 Å². The second kappa shape index (κ2) is 6.76. The van der Waals surface area contributed by atoms with Crippen LogP contribution in [0.5, 0.6) is 0 Å². The van der Waals surface area contributed by atoms with E-state index in [-0.39, 0.29) is 5.91 Å². The van der Waals surface area contributed by atoms with Crippen molar-refractivity contribution in [3.05, 3.63) is 70.4 Å². The Labute approximate surface area is 146 Å². The van der Waals surface area contributed by atoms with Gasteiger partial charge in [-0.15, -0.1) is 0 Å². The zero-order chi connectivity index (χ0) is 18.0. The zero-order valence-corrected chi connectivity index (χ0v) is 14.7. The number of aryl methyl sites for hydroxylation is 3. The van der Waals surface area contributed by atoms with E-state index in [1.54, 1.807) is 26.1 Å². The first kappa shape index (κ1) is 16.7. The highest BCUT2D eigenvalue weighted by Gasteiger charge is 2.14. The zero-order valence-electron chi connectivity index (χ0n) is 14.7. The highest BCUT2D eigenvalue weighted by Crippen LogP contribution is 2.16. The lowest BCUT2D eigenvalue weighted by Gasteiger charge is -2.03. The van der Waals surface area contributed by atoms with E-state index in [2.05, 4.69) is 15.6 Å². The Morgan fingerprint density at radius 1 is 1.20 bits per heavy atom. The Morgan fingerprint density at radius 2 is 1.92 bits per heavy atom. The molecule has 0 radical (unpaired) electrons. The highest BCUT2D eigenvalue weighted by atomic mass is 16.3. The largest absolute Gasteiger partial charge is 0.466 e. The monoisotopic (exact) mass is 336 g/mol. The summed E-state index contributed by atoms with van der Waals surface area (Å²) in [6.07, 6.45) is 1.62. The standard InChI is InChI=1S/C19H20N4O2/c1-12-10-17(15(4)25-12)19(24)21-20-11-18-13(2)22-23(14(18)3)16-8-6-5-7-9-16/h5-11H,1-4H3,(H,21,24)/b20-11-. The summed E-state index contributed by atoms with van der Waals surface area (Å²) in [5.74, 6) is 0.980. The lowest BCUT2D eigenvalue weighted by molar-refractivity contribution is 0.0953. The average Bonchev–Trinajstić information content (AvgIpc) is 3.08. The molecule has 1 aromatic carbocycles. The van der Waals surface area contributed by atoms with E-state index in [1.807, 2.05) is 48.9 Å². The van der Waals surface area contributed by atoms with Crippen LogP contribution in [0.2, 0.25) is 0 Å². The summed E-state index contributed by atoms with van der Waals surface area (Å²) in [6, 6.07) is 11.6. The van der Waals surface area contributed by atoms with Gasteiger partial charge in [0, 0.05) is 5.56 Å². The molecule has 3 rings (SSSR count). The van der Waals surface area contributed by atoms with Crippen molar-refractivity contribution in [2.24, 2.45) is 5.10 Å². The molecule has 0 unspecified atom stereocenters. The van der Waals surface area contributed by atoms with E-state index in [0.29, 0.717) is 17.1 Å². The van der Waals surface area contributed by atoms with Crippen molar-refractivity contribution < 1.29 is 9.21 Å². The van der Waals surface area contributed by atoms with Gasteiger partial charge in [0.1, 0.15) is 11.5 Å². The summed E-state index contributed by atoms with van der Waals surface area (Å²) < 4.78 is 7.23. The van der Waals surface area contributed by atoms with Crippen LogP contribution in [0.1, 0.15) is 38.8 Å². The van der Waals surface area contributed by atoms with Gasteiger partial charge in [-0.05, 0) is 45.9 Å². The number of nitrogens with zero attached hydrogens (tertiary/aromatic N) is 3. The molecule has 0 aliphatic rings. The van der Waals surface area contributed by atoms with Crippen LogP contribution >= 0.6 is 0 Å². The molecule has 0 saturated heterocycles. The van der Waals surface area contributed by atoms with Gasteiger partial charge >= 0.3 is 0 Å². The third kappa shape index (κ3) is 3.38. The van der Waals surface area contributed by atoms with Crippen molar-refractivity contribution in [1.29, 1.82) is 0 Å². The molecule has 2 aromatic heterocycles. The minimum atomic E-state index is -0.295. The number of para-hydroxylation sites is 1. The van der Waals surface area contributed by atoms with Crippen molar-refractivity contribution in [1.82, 2.24) is 15.2 Å². The SMILES string of the molecule is Cc1cc(C(=O)N/N=C\c2c(C)nn(-c3ccccc3)c2C)c(C)o1. The summed E-state index contributed by atoms with van der Waals surface area (Å²) in [4.78, 5) is 12.2. The van der Waals surface area contributed by atoms with Crippen LogP contribution in [0, 0.1) is 27.7 Å². The van der Waals surface area contributed by atoms with Gasteiger partial charge in [-0.25, -0.2) is 10.1 Å². The maximum Gasteiger partial charge on any atom is 0.274 e. The molecule has 0 aliphatic carbocycles. The summed E-state index contributed by atoms with van der Waals surface area (Å²) in [5.41, 5.74) is 6.69. The topological polar surface area (TPSA) is 72.4 Å². The molecular formula is C19H20N4O2. The molecule has 6 heteroatoms. The first-order chi connectivity index (χ1) is 12.0. The van der Waals surface area contributed by atoms with Crippen LogP contribution in [0.25, 0.3) is 5.69 Å². The molecule has 0 atom stereocenters. The number of furan rings is 1. The van der Waals surface area contributed by atoms with Crippen molar-refractivity contribution in [3.8, 4) is 5.69 Å². The average molecular weight is 336 g/mol. The first-order valence-corrected chi connectivity index (χ1v) is 7.99. The van der Waals surface area contributed by atoms with Gasteiger partial charge in [-0.3, -0.25) is 4.79 Å². The Kier molecular flexibility index (Phi) is 4.52. The molecule has 3 aromatic rings. The number of nitrogens with one attached hydrogen (secondary N) is 1. The van der Waals surface area contributed by atoms with Crippen LogP contribution < -0.4 is 5.43 Å². The van der Waals surface area contributed by atoms with Crippen LogP contribution in [0.4, 0.5) is 0 Å². The molecule has 2 heterocycles. The van der Waals surface area contributed by atoms with Crippen molar-refractivity contribution in [2.45, 2.75) is 27.7 Å². The molecular weight excluding hydrogens is 316 g/mol. The number of rotatable bonds is 4. The number of carbonyl (C=O) groups is 1. The van der Waals surface area contributed by atoms with E-state index in [4.69, 9.17) is 4.42 Å². The quantitative estimate of drug-likeness (QED) is 0.586. The second-order valence-corrected chi connectivity index (χ2v) is 5.86. The van der Waals surface area contributed by atoms with Crippen LogP contribution in [-0.4, -0.2) is 21.9 Å². The third-order valence-electron chi connectivity index (χ3n) is 3.99. The highest BCUT2D eigenvalue weighted by molar-refractivity contribution is 5.96. The predicted molar refractivity (Wildman–Crippen MR) is 96.3 cm³/mol. The minimum absolute atomic E-state index is 0.295. The molecule has 6 nitrogen and oxygen atoms in total. The second-order valence-electron chi connectivity index (χ2n) is 5.86. The maximum absolute atomic E-state index is 12.2. The smallest absolute Gasteiger partial charge is 0.274 e. The van der Waals surface area contributed by atoms with Gasteiger partial charge < -0.3 is 4.42 Å². The number of hydrogen-bond donors (Lipinski definition) is 1. The first-order valence-electron chi connectivity index (χ1n) is 7.99. The summed E-state index contributed by atoms with van der Waals surface area (Å²) in [5, 5.41) is 8.63. The van der Waals surface area contributed by atoms with E-state index >= 15 is 0 Å². The Hall–Kier alpha value is -3.15. The lowest BCUT2D eigenvalue weighted by atomic mass is 10.2. The van der Waals surface area contributed by atoms with Gasteiger partial charge in [0.2, 0.25) is 0 Å². The summed E-state index contributed by atoms with van der Waals surface area (Å²) in [7, 11) is 0. The van der Waals surface area contributed by atoms with E-state index in [9.17, 15) is 4.79 Å². The van der Waals surface area contributed by atoms with E-state index in [0.717, 1.165) is 22.6 Å². The maximum atomic E-state index is 12.2. The number of carbonyl (C=O) groups excluding carboxylic acids is 1. The molecule has 0 bridgehead atoms. The number of hydrazone groups is 1. The summed E-state index contributed by atoms with van der Waals surface area (Å²) in [6.45, 7) is 7.44. The van der Waals surface area contributed by atoms with Gasteiger partial charge in [0.15, 0.2) is 0 Å². The Balaban J connectivity index is 1.79. The fourth-order valence-corrected chi connectivity index (χ4v) is 2.73. The third-order valence-corrected chi connectivity index (χ3v) is 3.99. The lowest BCUT2D eigenvalue weighted by Crippen LogP contribution is -2.17. The molecule has 0 fully saturated rings. The minimum Gasteiger partial charge on any atom is -0.466 e. The fraction of sp³-hybridized carbons (Fsp3) is 0.211. The molecule has 0 aliphatic heterocycles.